The Balaban J connectivity index is 3.34. The van der Waals surface area contributed by atoms with Gasteiger partial charge in [0.1, 0.15) is 0 Å². The maximum atomic E-state index is 2.66. The summed E-state index contributed by atoms with van der Waals surface area (Å²) in [5, 5.41) is 0. The average molecular weight is 401 g/mol. The molecule has 0 saturated carbocycles. The maximum Gasteiger partial charge on any atom is -0.00468 e. The quantitative estimate of drug-likeness (QED) is 0.242. The minimum absolute atomic E-state index is 0.310. The zero-order valence-corrected chi connectivity index (χ0v) is 21.1. The second kappa shape index (κ2) is 13.5. The van der Waals surface area contributed by atoms with E-state index in [0.29, 0.717) is 10.8 Å². The molecule has 0 aromatic heterocycles. The lowest BCUT2D eigenvalue weighted by Gasteiger charge is -2.38. The van der Waals surface area contributed by atoms with Crippen molar-refractivity contribution in [3.8, 4) is 0 Å². The maximum absolute atomic E-state index is 2.66. The molecule has 0 bridgehead atoms. The van der Waals surface area contributed by atoms with Gasteiger partial charge < -0.3 is 0 Å². The fraction of sp³-hybridized carbons (Fsp3) is 0.793. The number of hydrogen-bond acceptors (Lipinski definition) is 0. The zero-order valence-electron chi connectivity index (χ0n) is 21.1. The van der Waals surface area contributed by atoms with Gasteiger partial charge in [-0.1, -0.05) is 118 Å². The van der Waals surface area contributed by atoms with Crippen molar-refractivity contribution in [3.05, 3.63) is 34.9 Å². The summed E-state index contributed by atoms with van der Waals surface area (Å²) >= 11 is 0. The molecule has 0 aliphatic rings. The summed E-state index contributed by atoms with van der Waals surface area (Å²) in [6, 6.07) is 7.59. The van der Waals surface area contributed by atoms with Crippen LogP contribution in [0.25, 0.3) is 0 Å². The molecule has 0 heterocycles. The Morgan fingerprint density at radius 3 is 1.62 bits per heavy atom. The first kappa shape index (κ1) is 26.3. The summed E-state index contributed by atoms with van der Waals surface area (Å²) in [5.41, 5.74) is 5.59. The second-order valence-corrected chi connectivity index (χ2v) is 9.75. The first-order valence-electron chi connectivity index (χ1n) is 13.1. The normalized spacial score (nSPS) is 12.5. The molecular formula is C29H52. The summed E-state index contributed by atoms with van der Waals surface area (Å²) in [6.07, 6.45) is 18.7. The van der Waals surface area contributed by atoms with Gasteiger partial charge in [0.05, 0.1) is 0 Å². The van der Waals surface area contributed by atoms with E-state index in [9.17, 15) is 0 Å². The number of aryl methyl sites for hydroxylation is 1. The van der Waals surface area contributed by atoms with E-state index in [2.05, 4.69) is 66.7 Å². The van der Waals surface area contributed by atoms with Gasteiger partial charge >= 0.3 is 0 Å². The smallest absolute Gasteiger partial charge is 0.00468 e. The summed E-state index contributed by atoms with van der Waals surface area (Å²) in [6.45, 7) is 16.7. The largest absolute Gasteiger partial charge is 0.0654 e. The van der Waals surface area contributed by atoms with Gasteiger partial charge in [0.15, 0.2) is 0 Å². The van der Waals surface area contributed by atoms with Gasteiger partial charge in [-0.05, 0) is 66.0 Å². The Bertz CT molecular complexity index is 537. The Kier molecular flexibility index (Phi) is 12.2. The molecule has 0 N–H and O–H groups in total. The van der Waals surface area contributed by atoms with Crippen molar-refractivity contribution >= 4 is 0 Å². The van der Waals surface area contributed by atoms with Crippen LogP contribution >= 0.6 is 0 Å². The molecular weight excluding hydrogens is 348 g/mol. The highest BCUT2D eigenvalue weighted by atomic mass is 14.4. The number of hydrogen-bond donors (Lipinski definition) is 0. The summed E-state index contributed by atoms with van der Waals surface area (Å²) in [5.74, 6) is 0. The van der Waals surface area contributed by atoms with Gasteiger partial charge in [0, 0.05) is 0 Å². The van der Waals surface area contributed by atoms with Crippen LogP contribution in [0.3, 0.4) is 0 Å². The second-order valence-electron chi connectivity index (χ2n) is 9.75. The Hall–Kier alpha value is -0.780. The van der Waals surface area contributed by atoms with Crippen LogP contribution in [0.1, 0.15) is 149 Å². The van der Waals surface area contributed by atoms with E-state index in [1.165, 1.54) is 83.5 Å². The minimum atomic E-state index is 0.310. The van der Waals surface area contributed by atoms with Crippen molar-refractivity contribution < 1.29 is 0 Å². The molecule has 1 aromatic carbocycles. The van der Waals surface area contributed by atoms with Crippen molar-refractivity contribution in [2.24, 2.45) is 0 Å². The fourth-order valence-electron chi connectivity index (χ4n) is 5.13. The molecule has 0 aliphatic carbocycles. The molecule has 0 aliphatic heterocycles. The molecule has 1 rings (SSSR count). The summed E-state index contributed by atoms with van der Waals surface area (Å²) < 4.78 is 0. The van der Waals surface area contributed by atoms with Crippen LogP contribution in [0.15, 0.2) is 18.2 Å². The third-order valence-corrected chi connectivity index (χ3v) is 8.01. The Morgan fingerprint density at radius 2 is 1.21 bits per heavy atom. The van der Waals surface area contributed by atoms with Gasteiger partial charge in [0.2, 0.25) is 0 Å². The van der Waals surface area contributed by atoms with E-state index in [1.54, 1.807) is 16.7 Å². The minimum Gasteiger partial charge on any atom is -0.0654 e. The zero-order chi connectivity index (χ0) is 21.8. The van der Waals surface area contributed by atoms with Gasteiger partial charge in [-0.2, -0.15) is 0 Å². The lowest BCUT2D eigenvalue weighted by Crippen LogP contribution is -2.29. The molecule has 0 saturated heterocycles. The van der Waals surface area contributed by atoms with Crippen LogP contribution in [0.4, 0.5) is 0 Å². The van der Waals surface area contributed by atoms with Crippen LogP contribution in [0, 0.1) is 0 Å². The molecule has 0 unspecified atom stereocenters. The fourth-order valence-corrected chi connectivity index (χ4v) is 5.13. The molecule has 0 heteroatoms. The van der Waals surface area contributed by atoms with Crippen molar-refractivity contribution in [3.63, 3.8) is 0 Å². The number of unbranched alkanes of at least 4 members (excludes halogenated alkanes) is 6. The standard InChI is InChI=1S/C29H52/c1-8-14-16-18-22-29(13-6,23-19-17-15-9-2)27-24-26(21-20-25(27)10-3)28(7,11-4)12-5/h20-21,24H,8-19,22-23H2,1-7H3. The Labute approximate surface area is 184 Å². The highest BCUT2D eigenvalue weighted by Gasteiger charge is 2.33. The van der Waals surface area contributed by atoms with Gasteiger partial charge in [-0.25, -0.2) is 0 Å². The first-order valence-corrected chi connectivity index (χ1v) is 13.1. The molecule has 1 aromatic rings. The van der Waals surface area contributed by atoms with E-state index in [-0.39, 0.29) is 0 Å². The summed E-state index contributed by atoms with van der Waals surface area (Å²) in [7, 11) is 0. The Morgan fingerprint density at radius 1 is 0.655 bits per heavy atom. The van der Waals surface area contributed by atoms with Crippen molar-refractivity contribution in [2.75, 3.05) is 0 Å². The van der Waals surface area contributed by atoms with E-state index in [4.69, 9.17) is 0 Å². The van der Waals surface area contributed by atoms with E-state index in [1.807, 2.05) is 0 Å². The third kappa shape index (κ3) is 7.15. The number of rotatable bonds is 16. The van der Waals surface area contributed by atoms with E-state index < -0.39 is 0 Å². The molecule has 0 spiro atoms. The lowest BCUT2D eigenvalue weighted by molar-refractivity contribution is 0.319. The molecule has 0 amide bonds. The monoisotopic (exact) mass is 400 g/mol. The average Bonchev–Trinajstić information content (AvgIpc) is 2.77. The van der Waals surface area contributed by atoms with Gasteiger partial charge in [-0.15, -0.1) is 0 Å². The van der Waals surface area contributed by atoms with Crippen LogP contribution in [-0.2, 0) is 17.3 Å². The highest BCUT2D eigenvalue weighted by molar-refractivity contribution is 5.41. The van der Waals surface area contributed by atoms with Crippen LogP contribution < -0.4 is 0 Å². The molecule has 0 radical (unpaired) electrons. The van der Waals surface area contributed by atoms with E-state index >= 15 is 0 Å². The summed E-state index contributed by atoms with van der Waals surface area (Å²) in [4.78, 5) is 0. The van der Waals surface area contributed by atoms with Gasteiger partial charge in [0.25, 0.3) is 0 Å². The lowest BCUT2D eigenvalue weighted by atomic mass is 9.67. The molecule has 29 heavy (non-hydrogen) atoms. The van der Waals surface area contributed by atoms with Crippen molar-refractivity contribution in [2.45, 2.75) is 149 Å². The topological polar surface area (TPSA) is 0 Å². The molecule has 0 fully saturated rings. The van der Waals surface area contributed by atoms with Crippen LogP contribution in [0.2, 0.25) is 0 Å². The molecule has 0 nitrogen and oxygen atoms in total. The first-order chi connectivity index (χ1) is 14.0. The molecule has 168 valence electrons. The van der Waals surface area contributed by atoms with E-state index in [0.717, 1.165) is 6.42 Å². The SMILES string of the molecule is CCCCCCC(CC)(CCCCCC)c1cc(C(C)(CC)CC)ccc1CC. The highest BCUT2D eigenvalue weighted by Crippen LogP contribution is 2.43. The van der Waals surface area contributed by atoms with Gasteiger partial charge in [-0.3, -0.25) is 0 Å². The van der Waals surface area contributed by atoms with Crippen LogP contribution in [-0.4, -0.2) is 0 Å². The van der Waals surface area contributed by atoms with Crippen LogP contribution in [0.5, 0.6) is 0 Å². The van der Waals surface area contributed by atoms with Crippen molar-refractivity contribution in [1.29, 1.82) is 0 Å². The molecule has 0 atom stereocenters. The predicted molar refractivity (Wildman–Crippen MR) is 133 cm³/mol. The third-order valence-electron chi connectivity index (χ3n) is 8.01. The number of benzene rings is 1. The van der Waals surface area contributed by atoms with Crippen molar-refractivity contribution in [1.82, 2.24) is 0 Å². The predicted octanol–water partition coefficient (Wildman–Crippen LogP) is 9.92.